The molecule has 1 fully saturated rings. The van der Waals surface area contributed by atoms with Gasteiger partial charge in [-0.15, -0.1) is 0 Å². The average molecular weight is 896 g/mol. The topological polar surface area (TPSA) is 170 Å². The largest absolute Gasteiger partial charge is 0.453 e. The molecule has 3 atom stereocenters. The number of para-hydroxylation sites is 1. The van der Waals surface area contributed by atoms with E-state index >= 15 is 0 Å². The molecule has 9 rings (SSSR count). The Hall–Kier alpha value is -6.39. The van der Waals surface area contributed by atoms with E-state index in [1.165, 1.54) is 7.11 Å². The molecule has 3 aliphatic rings. The quantitative estimate of drug-likeness (QED) is 0.0794. The van der Waals surface area contributed by atoms with Gasteiger partial charge < -0.3 is 29.1 Å². The fraction of sp³-hybridized carbons (Fsp3) is 0.408. The molecule has 1 unspecified atom stereocenters. The number of nitrogens with zero attached hydrogens (tertiary/aromatic N) is 7. The molecule has 3 aromatic heterocycles. The molecule has 65 heavy (non-hydrogen) atoms. The van der Waals surface area contributed by atoms with Gasteiger partial charge in [0.05, 0.1) is 78.2 Å². The predicted octanol–water partition coefficient (Wildman–Crippen LogP) is 9.24. The second-order valence-electron chi connectivity index (χ2n) is 18.4. The Morgan fingerprint density at radius 2 is 1.69 bits per heavy atom. The van der Waals surface area contributed by atoms with Crippen LogP contribution < -0.4 is 10.2 Å². The van der Waals surface area contributed by atoms with Gasteiger partial charge in [0.25, 0.3) is 0 Å². The number of nitrogens with one attached hydrogen (secondary N) is 2. The van der Waals surface area contributed by atoms with Crippen LogP contribution in [0.4, 0.5) is 15.3 Å². The van der Waals surface area contributed by atoms with Crippen molar-refractivity contribution in [2.45, 2.75) is 102 Å². The summed E-state index contributed by atoms with van der Waals surface area (Å²) >= 11 is 0. The summed E-state index contributed by atoms with van der Waals surface area (Å²) in [4.78, 5) is 66.1. The summed E-state index contributed by atoms with van der Waals surface area (Å²) in [6.07, 6.45) is 9.80. The first-order valence-electron chi connectivity index (χ1n) is 22.8. The molecule has 0 bridgehead atoms. The van der Waals surface area contributed by atoms with Gasteiger partial charge in [0.2, 0.25) is 5.91 Å². The van der Waals surface area contributed by atoms with Crippen molar-refractivity contribution in [1.82, 2.24) is 39.7 Å². The van der Waals surface area contributed by atoms with E-state index in [1.807, 2.05) is 59.6 Å². The number of aromatic nitrogens is 6. The molecule has 338 valence electrons. The number of anilines is 1. The van der Waals surface area contributed by atoms with E-state index in [0.29, 0.717) is 51.6 Å². The maximum absolute atomic E-state index is 14.0. The van der Waals surface area contributed by atoms with E-state index in [4.69, 9.17) is 34.1 Å². The van der Waals surface area contributed by atoms with Gasteiger partial charge in [0.15, 0.2) is 0 Å². The molecule has 0 aliphatic carbocycles. The van der Waals surface area contributed by atoms with Crippen molar-refractivity contribution in [3.05, 3.63) is 102 Å². The molecule has 16 heteroatoms. The molecule has 15 nitrogen and oxygen atoms in total. The molecule has 0 spiro atoms. The fourth-order valence-electron chi connectivity index (χ4n) is 9.16. The van der Waals surface area contributed by atoms with Crippen LogP contribution in [-0.4, -0.2) is 93.5 Å². The highest BCUT2D eigenvalue weighted by Gasteiger charge is 2.43. The number of amides is 3. The molecule has 3 aliphatic heterocycles. The van der Waals surface area contributed by atoms with Crippen molar-refractivity contribution in [2.75, 3.05) is 31.8 Å². The Morgan fingerprint density at radius 3 is 2.49 bits per heavy atom. The van der Waals surface area contributed by atoms with Crippen molar-refractivity contribution in [2.24, 2.45) is 0 Å². The van der Waals surface area contributed by atoms with Crippen molar-refractivity contribution in [3.63, 3.8) is 0 Å². The lowest BCUT2D eigenvalue weighted by molar-refractivity contribution is -0.121. The monoisotopic (exact) mass is 895 g/mol. The number of imidazole rings is 2. The summed E-state index contributed by atoms with van der Waals surface area (Å²) < 4.78 is 18.9. The fourth-order valence-corrected chi connectivity index (χ4v) is 9.92. The zero-order valence-electron chi connectivity index (χ0n) is 37.8. The zero-order chi connectivity index (χ0) is 45.2. The van der Waals surface area contributed by atoms with Crippen LogP contribution in [0.5, 0.6) is 0 Å². The van der Waals surface area contributed by atoms with E-state index in [-0.39, 0.29) is 24.1 Å². The number of alkyl carbamates (subject to hydrolysis) is 1. The highest BCUT2D eigenvalue weighted by molar-refractivity contribution is 6.76. The van der Waals surface area contributed by atoms with Crippen molar-refractivity contribution in [3.8, 4) is 33.8 Å². The Balaban J connectivity index is 0.931. The van der Waals surface area contributed by atoms with Crippen LogP contribution in [0.1, 0.15) is 73.9 Å². The number of unbranched alkanes of at least 4 members (excludes halogenated alkanes) is 1. The number of ether oxygens (including phenoxy) is 3. The number of benzene rings is 3. The van der Waals surface area contributed by atoms with E-state index in [0.717, 1.165) is 99.2 Å². The summed E-state index contributed by atoms with van der Waals surface area (Å²) in [5.41, 5.74) is 9.83. The number of methoxy groups -OCH3 is 1. The number of aryl methyl sites for hydroxylation is 1. The predicted molar refractivity (Wildman–Crippen MR) is 251 cm³/mol. The van der Waals surface area contributed by atoms with Crippen molar-refractivity contribution >= 4 is 42.9 Å². The third kappa shape index (κ3) is 9.14. The highest BCUT2D eigenvalue weighted by Crippen LogP contribution is 2.45. The standard InChI is InChI=1S/C49H57N9O6Si/c1-6-7-22-64-49(61)56-21-9-12-41(56)46-52-29-43(57(46)30-63-23-24-65(3,4)5)34-18-19-36-38(25-34)50-27-39(53-36)31-13-15-32(16-14-31)40-28-51-45(54-40)42-26-35-11-8-10-33-17-20-37(55-48(60)62-2)47(59)58(42)44(33)35/h8,10-11,13-16,18-19,25,27-29,37,41-42H,6-7,9,12,17,20-24,26,30H2,1-5H3,(H,51,54)(H,55,60)/t37-,41?,42-/m0/s1. The average Bonchev–Trinajstić information content (AvgIpc) is 4.13. The lowest BCUT2D eigenvalue weighted by Crippen LogP contribution is -2.48. The van der Waals surface area contributed by atoms with Crippen molar-refractivity contribution in [1.29, 1.82) is 0 Å². The number of H-pyrrole nitrogens is 1. The van der Waals surface area contributed by atoms with Gasteiger partial charge in [-0.1, -0.05) is 81.5 Å². The van der Waals surface area contributed by atoms with Gasteiger partial charge in [-0.2, -0.15) is 0 Å². The lowest BCUT2D eigenvalue weighted by atomic mass is 10.0. The maximum Gasteiger partial charge on any atom is 0.410 e. The van der Waals surface area contributed by atoms with Crippen LogP contribution in [0, 0.1) is 0 Å². The van der Waals surface area contributed by atoms with Gasteiger partial charge in [-0.3, -0.25) is 19.6 Å². The Kier molecular flexibility index (Phi) is 12.5. The number of carbonyl (C=O) groups excluding carboxylic acids is 3. The number of fused-ring (bicyclic) bond motifs is 1. The molecule has 0 radical (unpaired) electrons. The van der Waals surface area contributed by atoms with Crippen molar-refractivity contribution < 1.29 is 28.6 Å². The Morgan fingerprint density at radius 1 is 0.892 bits per heavy atom. The number of aromatic amines is 1. The zero-order valence-corrected chi connectivity index (χ0v) is 38.8. The second-order valence-corrected chi connectivity index (χ2v) is 24.0. The van der Waals surface area contributed by atoms with Gasteiger partial charge in [0, 0.05) is 38.8 Å². The molecule has 6 aromatic rings. The lowest BCUT2D eigenvalue weighted by Gasteiger charge is -2.27. The van der Waals surface area contributed by atoms with E-state index < -0.39 is 20.2 Å². The normalized spacial score (nSPS) is 18.2. The van der Waals surface area contributed by atoms with Gasteiger partial charge in [0.1, 0.15) is 24.4 Å². The third-order valence-corrected chi connectivity index (χ3v) is 14.4. The number of likely N-dealkylation sites (tertiary alicyclic amines) is 1. The molecule has 0 saturated carbocycles. The molecule has 3 amide bonds. The number of rotatable bonds is 14. The highest BCUT2D eigenvalue weighted by atomic mass is 28.3. The van der Waals surface area contributed by atoms with Gasteiger partial charge in [-0.25, -0.2) is 24.5 Å². The maximum atomic E-state index is 14.0. The van der Waals surface area contributed by atoms with Crippen LogP contribution in [0.2, 0.25) is 25.7 Å². The number of hydrogen-bond acceptors (Lipinski definition) is 10. The van der Waals surface area contributed by atoms with Crippen LogP contribution in [0.25, 0.3) is 44.8 Å². The summed E-state index contributed by atoms with van der Waals surface area (Å²) in [7, 11) is -0.00503. The summed E-state index contributed by atoms with van der Waals surface area (Å²) in [5.74, 6) is 1.30. The van der Waals surface area contributed by atoms with Gasteiger partial charge >= 0.3 is 12.2 Å². The van der Waals surface area contributed by atoms with Crippen LogP contribution >= 0.6 is 0 Å². The summed E-state index contributed by atoms with van der Waals surface area (Å²) in [6, 6.07) is 20.1. The first kappa shape index (κ1) is 43.8. The second kappa shape index (κ2) is 18.6. The van der Waals surface area contributed by atoms with Gasteiger partial charge in [-0.05, 0) is 67.0 Å². The minimum Gasteiger partial charge on any atom is -0.453 e. The summed E-state index contributed by atoms with van der Waals surface area (Å²) in [5, 5.41) is 2.74. The van der Waals surface area contributed by atoms with E-state index in [9.17, 15) is 14.4 Å². The SMILES string of the molecule is CCCCOC(=O)N1CCCC1c1ncc(-c2ccc3nc(-c4ccc(-c5cnc([C@@H]6Cc7cccc8c7N6C(=O)[C@@H](NC(=O)OC)CC8)[nH]5)cc4)cnc3c2)n1COCC[Si](C)(C)C. The minimum atomic E-state index is -1.30. The summed E-state index contributed by atoms with van der Waals surface area (Å²) in [6.45, 7) is 11.1. The van der Waals surface area contributed by atoms with E-state index in [1.54, 1.807) is 17.3 Å². The molecule has 1 saturated heterocycles. The number of carbonyl (C=O) groups is 3. The first-order chi connectivity index (χ1) is 31.5. The molecular weight excluding hydrogens is 839 g/mol. The Bertz CT molecular complexity index is 2710. The Labute approximate surface area is 380 Å². The van der Waals surface area contributed by atoms with Crippen LogP contribution in [0.15, 0.2) is 79.3 Å². The molecule has 6 heterocycles. The molecule has 3 aromatic carbocycles. The minimum absolute atomic E-state index is 0.175. The first-order valence-corrected chi connectivity index (χ1v) is 26.5. The number of hydrogen-bond donors (Lipinski definition) is 2. The van der Waals surface area contributed by atoms with Crippen LogP contribution in [0.3, 0.4) is 0 Å². The third-order valence-electron chi connectivity index (χ3n) is 12.7. The molecule has 2 N–H and O–H groups in total. The van der Waals surface area contributed by atoms with E-state index in [2.05, 4.69) is 53.6 Å². The smallest absolute Gasteiger partial charge is 0.410 e. The van der Waals surface area contributed by atoms with Crippen LogP contribution in [-0.2, 0) is 38.6 Å². The molecular formula is C49H57N9O6Si.